The van der Waals surface area contributed by atoms with Gasteiger partial charge in [-0.1, -0.05) is 30.3 Å². The van der Waals surface area contributed by atoms with Crippen molar-refractivity contribution in [1.82, 2.24) is 10.3 Å². The fraction of sp³-hybridized carbons (Fsp3) is 0.107. The number of ether oxygens (including phenoxy) is 1. The van der Waals surface area contributed by atoms with Crippen LogP contribution in [-0.4, -0.2) is 34.6 Å². The molecule has 0 bridgehead atoms. The third kappa shape index (κ3) is 5.15. The Bertz CT molecular complexity index is 1670. The maximum atomic E-state index is 12.5. The summed E-state index contributed by atoms with van der Waals surface area (Å²) in [6.45, 7) is -0.466. The maximum Gasteiger partial charge on any atom is 0.336 e. The highest BCUT2D eigenvalue weighted by Crippen LogP contribution is 2.29. The Hall–Kier alpha value is -5.05. The first-order chi connectivity index (χ1) is 17.9. The molecule has 186 valence electrons. The molecule has 1 amide bonds. The van der Waals surface area contributed by atoms with Crippen molar-refractivity contribution in [2.45, 2.75) is 12.5 Å². The van der Waals surface area contributed by atoms with Crippen LogP contribution in [0.15, 0.2) is 88.2 Å². The number of aromatic hydroxyl groups is 1. The summed E-state index contributed by atoms with van der Waals surface area (Å²) in [7, 11) is 0. The quantitative estimate of drug-likeness (QED) is 0.279. The number of carbonyl (C=O) groups is 2. The lowest BCUT2D eigenvalue weighted by Crippen LogP contribution is -2.50. The van der Waals surface area contributed by atoms with Gasteiger partial charge in [0.2, 0.25) is 0 Å². The summed E-state index contributed by atoms with van der Waals surface area (Å²) in [4.78, 5) is 39.3. The molecule has 9 nitrogen and oxygen atoms in total. The van der Waals surface area contributed by atoms with Gasteiger partial charge >= 0.3 is 5.63 Å². The predicted octanol–water partition coefficient (Wildman–Crippen LogP) is 2.50. The van der Waals surface area contributed by atoms with E-state index in [0.717, 1.165) is 11.1 Å². The van der Waals surface area contributed by atoms with E-state index in [-0.39, 0.29) is 17.9 Å². The first-order valence-corrected chi connectivity index (χ1v) is 11.4. The molecule has 0 unspecified atom stereocenters. The summed E-state index contributed by atoms with van der Waals surface area (Å²) in [5, 5.41) is 25.2. The molecular weight excluding hydrogens is 476 g/mol. The molecule has 9 heteroatoms. The average molecular weight is 497 g/mol. The summed E-state index contributed by atoms with van der Waals surface area (Å²) in [5.41, 5.74) is 2.65. The van der Waals surface area contributed by atoms with Crippen molar-refractivity contribution >= 4 is 33.7 Å². The van der Waals surface area contributed by atoms with Crippen molar-refractivity contribution in [3.63, 3.8) is 0 Å². The number of aromatic nitrogens is 1. The average Bonchev–Trinajstić information content (AvgIpc) is 3.28. The normalized spacial score (nSPS) is 11.9. The Morgan fingerprint density at radius 1 is 1.03 bits per heavy atom. The van der Waals surface area contributed by atoms with E-state index in [4.69, 9.17) is 9.15 Å². The minimum absolute atomic E-state index is 0.0397. The third-order valence-corrected chi connectivity index (χ3v) is 5.97. The van der Waals surface area contributed by atoms with Crippen LogP contribution in [0.3, 0.4) is 0 Å². The van der Waals surface area contributed by atoms with Gasteiger partial charge in [0.1, 0.15) is 17.1 Å². The lowest BCUT2D eigenvalue weighted by molar-refractivity contribution is -0.308. The number of carboxylic acids is 1. The lowest BCUT2D eigenvalue weighted by atomic mass is 10.0. The van der Waals surface area contributed by atoms with Gasteiger partial charge in [-0.3, -0.25) is 4.79 Å². The lowest BCUT2D eigenvalue weighted by Gasteiger charge is -2.19. The summed E-state index contributed by atoms with van der Waals surface area (Å²) >= 11 is 0. The number of aromatic amines is 1. The van der Waals surface area contributed by atoms with Crippen molar-refractivity contribution in [2.75, 3.05) is 6.61 Å². The highest BCUT2D eigenvalue weighted by atomic mass is 16.5. The van der Waals surface area contributed by atoms with E-state index in [1.807, 2.05) is 30.3 Å². The summed E-state index contributed by atoms with van der Waals surface area (Å²) in [6.07, 6.45) is 1.57. The number of hydrogen-bond donors (Lipinski definition) is 3. The Labute approximate surface area is 209 Å². The molecule has 1 atom stereocenters. The number of benzene rings is 3. The molecule has 0 aliphatic carbocycles. The van der Waals surface area contributed by atoms with Gasteiger partial charge in [0.15, 0.2) is 6.61 Å². The summed E-state index contributed by atoms with van der Waals surface area (Å²) in [5.74, 6) is -1.81. The molecule has 5 aromatic rings. The number of amides is 1. The molecule has 0 aliphatic rings. The number of fused-ring (bicyclic) bond motifs is 2. The topological polar surface area (TPSA) is 145 Å². The fourth-order valence-corrected chi connectivity index (χ4v) is 4.22. The van der Waals surface area contributed by atoms with Gasteiger partial charge in [0.05, 0.1) is 12.0 Å². The van der Waals surface area contributed by atoms with Gasteiger partial charge in [-0.25, -0.2) is 4.79 Å². The summed E-state index contributed by atoms with van der Waals surface area (Å²) < 4.78 is 10.9. The number of aliphatic carboxylic acids is 1. The minimum Gasteiger partial charge on any atom is -0.548 e. The van der Waals surface area contributed by atoms with Gasteiger partial charge in [-0.15, -0.1) is 0 Å². The number of H-pyrrole nitrogens is 1. The van der Waals surface area contributed by atoms with E-state index in [0.29, 0.717) is 27.5 Å². The monoisotopic (exact) mass is 497 g/mol. The maximum absolute atomic E-state index is 12.5. The first kappa shape index (κ1) is 23.7. The van der Waals surface area contributed by atoms with Gasteiger partial charge < -0.3 is 34.5 Å². The van der Waals surface area contributed by atoms with Crippen LogP contribution < -0.4 is 20.8 Å². The van der Waals surface area contributed by atoms with Crippen molar-refractivity contribution in [3.8, 4) is 22.6 Å². The SMILES string of the molecule is O=C(COc1ccc2c(-c3ccccc3)cc(=O)oc2c1)N[C@@H](Cc1c[nH]c2ccc(O)cc12)C(=O)[O-]. The van der Waals surface area contributed by atoms with E-state index < -0.39 is 30.2 Å². The molecule has 0 radical (unpaired) electrons. The van der Waals surface area contributed by atoms with Crippen LogP contribution in [0.2, 0.25) is 0 Å². The Kier molecular flexibility index (Phi) is 6.34. The molecule has 37 heavy (non-hydrogen) atoms. The van der Waals surface area contributed by atoms with Gasteiger partial charge in [-0.05, 0) is 47.0 Å². The predicted molar refractivity (Wildman–Crippen MR) is 134 cm³/mol. The molecular formula is C28H21N2O7-. The molecule has 3 aromatic carbocycles. The van der Waals surface area contributed by atoms with Crippen LogP contribution in [0, 0.1) is 0 Å². The zero-order valence-corrected chi connectivity index (χ0v) is 19.4. The van der Waals surface area contributed by atoms with E-state index in [1.54, 1.807) is 24.4 Å². The van der Waals surface area contributed by atoms with Gasteiger partial charge in [0, 0.05) is 41.0 Å². The zero-order valence-electron chi connectivity index (χ0n) is 19.4. The van der Waals surface area contributed by atoms with Crippen LogP contribution in [-0.2, 0) is 16.0 Å². The van der Waals surface area contributed by atoms with Crippen molar-refractivity contribution in [2.24, 2.45) is 0 Å². The smallest absolute Gasteiger partial charge is 0.336 e. The Balaban J connectivity index is 1.29. The number of phenols is 1. The van der Waals surface area contributed by atoms with Crippen LogP contribution >= 0.6 is 0 Å². The van der Waals surface area contributed by atoms with Crippen molar-refractivity contribution in [3.05, 3.63) is 95.0 Å². The zero-order chi connectivity index (χ0) is 25.9. The van der Waals surface area contributed by atoms with Crippen LogP contribution in [0.4, 0.5) is 0 Å². The number of carboxylic acid groups (broad SMARTS) is 1. The molecule has 0 saturated heterocycles. The van der Waals surface area contributed by atoms with Crippen molar-refractivity contribution < 1.29 is 29.0 Å². The van der Waals surface area contributed by atoms with Crippen LogP contribution in [0.25, 0.3) is 33.0 Å². The van der Waals surface area contributed by atoms with E-state index in [2.05, 4.69) is 10.3 Å². The molecule has 0 fully saturated rings. The van der Waals surface area contributed by atoms with Gasteiger partial charge in [0.25, 0.3) is 5.91 Å². The number of rotatable bonds is 8. The number of hydrogen-bond acceptors (Lipinski definition) is 7. The number of nitrogens with one attached hydrogen (secondary N) is 2. The van der Waals surface area contributed by atoms with E-state index in [9.17, 15) is 24.6 Å². The van der Waals surface area contributed by atoms with Gasteiger partial charge in [-0.2, -0.15) is 0 Å². The second-order valence-corrected chi connectivity index (χ2v) is 8.48. The fourth-order valence-electron chi connectivity index (χ4n) is 4.22. The molecule has 0 aliphatic heterocycles. The second-order valence-electron chi connectivity index (χ2n) is 8.48. The largest absolute Gasteiger partial charge is 0.548 e. The number of phenolic OH excluding ortho intramolecular Hbond substituents is 1. The first-order valence-electron chi connectivity index (χ1n) is 11.4. The molecule has 3 N–H and O–H groups in total. The summed E-state index contributed by atoms with van der Waals surface area (Å²) in [6, 6.07) is 19.0. The van der Waals surface area contributed by atoms with E-state index >= 15 is 0 Å². The Morgan fingerprint density at radius 3 is 2.62 bits per heavy atom. The standard InChI is InChI=1S/C28H22N2O7/c31-18-6-9-23-22(11-18)17(14-29-23)10-24(28(34)35)30-26(32)15-36-19-7-8-20-21(16-4-2-1-3-5-16)13-27(33)37-25(20)12-19/h1-9,11-14,24,29,31H,10,15H2,(H,30,32)(H,34,35)/p-1/t24-/m0/s1. The highest BCUT2D eigenvalue weighted by Gasteiger charge is 2.18. The minimum atomic E-state index is -1.45. The number of carbonyl (C=O) groups excluding carboxylic acids is 2. The van der Waals surface area contributed by atoms with Crippen LogP contribution in [0.1, 0.15) is 5.56 Å². The molecule has 2 heterocycles. The van der Waals surface area contributed by atoms with Crippen LogP contribution in [0.5, 0.6) is 11.5 Å². The third-order valence-electron chi connectivity index (χ3n) is 5.97. The molecule has 2 aromatic heterocycles. The molecule has 0 spiro atoms. The Morgan fingerprint density at radius 2 is 1.84 bits per heavy atom. The molecule has 5 rings (SSSR count). The molecule has 0 saturated carbocycles. The van der Waals surface area contributed by atoms with Crippen molar-refractivity contribution in [1.29, 1.82) is 0 Å². The highest BCUT2D eigenvalue weighted by molar-refractivity contribution is 5.94. The van der Waals surface area contributed by atoms with E-state index in [1.165, 1.54) is 24.3 Å². The second kappa shape index (κ2) is 9.90.